The summed E-state index contributed by atoms with van der Waals surface area (Å²) in [6.45, 7) is 0. The predicted molar refractivity (Wildman–Crippen MR) is 181 cm³/mol. The molecule has 2 heterocycles. The number of aromatic nitrogens is 2. The van der Waals surface area contributed by atoms with Crippen LogP contribution in [0.15, 0.2) is 158 Å². The van der Waals surface area contributed by atoms with E-state index in [1.807, 2.05) is 36.4 Å². The fourth-order valence-electron chi connectivity index (χ4n) is 5.85. The van der Waals surface area contributed by atoms with Gasteiger partial charge in [-0.3, -0.25) is 9.88 Å². The van der Waals surface area contributed by atoms with Crippen molar-refractivity contribution in [1.29, 1.82) is 0 Å². The van der Waals surface area contributed by atoms with Crippen molar-refractivity contribution in [2.24, 2.45) is 0 Å². The monoisotopic (exact) mass is 757 g/mol. The summed E-state index contributed by atoms with van der Waals surface area (Å²) in [5, 5.41) is 2.28. The summed E-state index contributed by atoms with van der Waals surface area (Å²) in [6, 6.07) is 61.1. The van der Waals surface area contributed by atoms with Gasteiger partial charge in [-0.25, -0.2) is 5.56 Å². The van der Waals surface area contributed by atoms with E-state index in [0.717, 1.165) is 72.5 Å². The molecular formula is C41H26AuN3. The van der Waals surface area contributed by atoms with Crippen LogP contribution < -0.4 is 9.88 Å². The van der Waals surface area contributed by atoms with Gasteiger partial charge in [0.2, 0.25) is 0 Å². The molecule has 0 N–H and O–H groups in total. The van der Waals surface area contributed by atoms with Crippen LogP contribution in [0.5, 0.6) is 0 Å². The number of fused-ring (bicyclic) bond motifs is 3. The molecule has 0 unspecified atom stereocenters. The van der Waals surface area contributed by atoms with Gasteiger partial charge in [0.05, 0.1) is 0 Å². The Hall–Kier alpha value is -5.19. The molecule has 8 aromatic rings. The number of nitrogens with zero attached hydrogens (tertiary/aromatic N) is 3. The number of rotatable bonds is 6. The van der Waals surface area contributed by atoms with Crippen LogP contribution >= 0.6 is 0 Å². The second kappa shape index (κ2) is 12.4. The van der Waals surface area contributed by atoms with Crippen LogP contribution in [0.3, 0.4) is 0 Å². The Labute approximate surface area is 278 Å². The molecule has 0 amide bonds. The van der Waals surface area contributed by atoms with Gasteiger partial charge in [-0.2, -0.15) is 42.0 Å². The fourth-order valence-corrected chi connectivity index (χ4v) is 5.85. The first kappa shape index (κ1) is 28.6. The summed E-state index contributed by atoms with van der Waals surface area (Å²) in [5.41, 5.74) is 9.91. The van der Waals surface area contributed by atoms with Gasteiger partial charge < -0.3 is 4.98 Å². The standard InChI is InChI=1S/C41H26N3.Au/c1-4-14-29(15-5-1)31-26-32(30-16-6-2-7-17-30)28-33(27-31)37-23-13-25-40(42-37)44(34-18-8-3-9-19-34)39-24-12-21-36-35-20-10-11-22-38(35)43-41(36)39;/h1-16,18-27H;/q-3;+3. The summed E-state index contributed by atoms with van der Waals surface area (Å²) >= 11 is 0. The van der Waals surface area contributed by atoms with E-state index in [-0.39, 0.29) is 22.4 Å². The Morgan fingerprint density at radius 2 is 1.27 bits per heavy atom. The number of anilines is 3. The largest absolute Gasteiger partial charge is 3.00 e. The Morgan fingerprint density at radius 1 is 0.556 bits per heavy atom. The van der Waals surface area contributed by atoms with Gasteiger partial charge in [0.25, 0.3) is 0 Å². The zero-order chi connectivity index (χ0) is 29.3. The molecule has 0 aliphatic rings. The SMILES string of the molecule is [Au+3].[c-]1ccccc1-c1[c-]c(-c2cccc(N(c3ccccc3)c3cccc4c3[n-]c3ccccc34)n2)cc(-c2ccccc2)c1. The normalized spacial score (nSPS) is 10.9. The topological polar surface area (TPSA) is 30.2 Å². The quantitative estimate of drug-likeness (QED) is 0.125. The van der Waals surface area contributed by atoms with Crippen LogP contribution in [0.2, 0.25) is 0 Å². The van der Waals surface area contributed by atoms with Crippen LogP contribution in [0.4, 0.5) is 17.2 Å². The third-order valence-electron chi connectivity index (χ3n) is 7.91. The van der Waals surface area contributed by atoms with E-state index >= 15 is 0 Å². The average molecular weight is 758 g/mol. The number of pyridine rings is 1. The number of hydrogen-bond donors (Lipinski definition) is 0. The maximum atomic E-state index is 5.28. The maximum Gasteiger partial charge on any atom is 3.00 e. The number of hydrogen-bond acceptors (Lipinski definition) is 2. The molecule has 45 heavy (non-hydrogen) atoms. The van der Waals surface area contributed by atoms with Crippen molar-refractivity contribution >= 4 is 39.0 Å². The summed E-state index contributed by atoms with van der Waals surface area (Å²) in [5.74, 6) is 0.805. The van der Waals surface area contributed by atoms with E-state index in [1.165, 1.54) is 0 Å². The van der Waals surface area contributed by atoms with Gasteiger partial charge >= 0.3 is 22.4 Å². The minimum absolute atomic E-state index is 0. The Bertz CT molecular complexity index is 2170. The van der Waals surface area contributed by atoms with Crippen molar-refractivity contribution in [3.05, 3.63) is 170 Å². The number of para-hydroxylation sites is 3. The van der Waals surface area contributed by atoms with Crippen LogP contribution in [0.25, 0.3) is 55.3 Å². The van der Waals surface area contributed by atoms with Gasteiger partial charge in [0, 0.05) is 17.1 Å². The van der Waals surface area contributed by atoms with E-state index < -0.39 is 0 Å². The van der Waals surface area contributed by atoms with Crippen molar-refractivity contribution in [3.63, 3.8) is 0 Å². The van der Waals surface area contributed by atoms with E-state index in [0.29, 0.717) is 0 Å². The van der Waals surface area contributed by atoms with Crippen LogP contribution in [0.1, 0.15) is 0 Å². The summed E-state index contributed by atoms with van der Waals surface area (Å²) in [6.07, 6.45) is 0. The van der Waals surface area contributed by atoms with Gasteiger partial charge in [0.15, 0.2) is 0 Å². The Morgan fingerprint density at radius 3 is 2.09 bits per heavy atom. The molecule has 4 heteroatoms. The van der Waals surface area contributed by atoms with Crippen LogP contribution in [0, 0.1) is 12.1 Å². The van der Waals surface area contributed by atoms with Crippen molar-refractivity contribution in [1.82, 2.24) is 9.97 Å². The molecule has 6 aromatic carbocycles. The third-order valence-corrected chi connectivity index (χ3v) is 7.91. The molecule has 0 saturated carbocycles. The van der Waals surface area contributed by atoms with Gasteiger partial charge in [-0.1, -0.05) is 103 Å². The second-order valence-corrected chi connectivity index (χ2v) is 10.7. The van der Waals surface area contributed by atoms with E-state index in [2.05, 4.69) is 138 Å². The van der Waals surface area contributed by atoms with Crippen molar-refractivity contribution in [2.45, 2.75) is 0 Å². The molecule has 0 bridgehead atoms. The molecule has 0 aliphatic heterocycles. The van der Waals surface area contributed by atoms with Crippen molar-refractivity contribution < 1.29 is 22.4 Å². The average Bonchev–Trinajstić information content (AvgIpc) is 3.49. The van der Waals surface area contributed by atoms with Gasteiger partial charge in [0.1, 0.15) is 5.82 Å². The number of benzene rings is 6. The minimum atomic E-state index is 0. The molecule has 2 aromatic heterocycles. The molecule has 0 saturated heterocycles. The molecule has 0 radical (unpaired) electrons. The molecule has 0 aliphatic carbocycles. The molecule has 8 rings (SSSR count). The zero-order valence-corrected chi connectivity index (χ0v) is 26.3. The Kier molecular flexibility index (Phi) is 7.89. The van der Waals surface area contributed by atoms with Crippen molar-refractivity contribution in [3.8, 4) is 33.5 Å². The predicted octanol–water partition coefficient (Wildman–Crippen LogP) is 10.4. The van der Waals surface area contributed by atoms with E-state index in [4.69, 9.17) is 9.97 Å². The van der Waals surface area contributed by atoms with Crippen LogP contribution in [-0.4, -0.2) is 4.98 Å². The Balaban J connectivity index is 0.00000325. The van der Waals surface area contributed by atoms with Crippen LogP contribution in [-0.2, 0) is 22.4 Å². The van der Waals surface area contributed by atoms with Gasteiger partial charge in [-0.05, 0) is 40.6 Å². The molecule has 0 atom stereocenters. The zero-order valence-electron chi connectivity index (χ0n) is 24.2. The smallest absolute Gasteiger partial charge is 0.655 e. The summed E-state index contributed by atoms with van der Waals surface area (Å²) in [7, 11) is 0. The van der Waals surface area contributed by atoms with Gasteiger partial charge in [-0.15, -0.1) is 28.7 Å². The van der Waals surface area contributed by atoms with E-state index in [1.54, 1.807) is 0 Å². The fraction of sp³-hybridized carbons (Fsp3) is 0. The molecular weight excluding hydrogens is 731 g/mol. The third kappa shape index (κ3) is 5.50. The summed E-state index contributed by atoms with van der Waals surface area (Å²) < 4.78 is 0. The molecule has 3 nitrogen and oxygen atoms in total. The first-order chi connectivity index (χ1) is 21.8. The first-order valence-electron chi connectivity index (χ1n) is 14.7. The maximum absolute atomic E-state index is 5.28. The first-order valence-corrected chi connectivity index (χ1v) is 14.7. The molecule has 0 spiro atoms. The molecule has 216 valence electrons. The minimum Gasteiger partial charge on any atom is -0.655 e. The second-order valence-electron chi connectivity index (χ2n) is 10.7. The summed E-state index contributed by atoms with van der Waals surface area (Å²) in [4.78, 5) is 12.6. The molecule has 0 fully saturated rings. The van der Waals surface area contributed by atoms with Crippen molar-refractivity contribution in [2.75, 3.05) is 4.90 Å². The van der Waals surface area contributed by atoms with E-state index in [9.17, 15) is 0 Å².